The van der Waals surface area contributed by atoms with Gasteiger partial charge in [-0.05, 0) is 6.92 Å². The van der Waals surface area contributed by atoms with Crippen molar-refractivity contribution in [3.8, 4) is 0 Å². The summed E-state index contributed by atoms with van der Waals surface area (Å²) in [6.45, 7) is 1.58. The Balaban J connectivity index is 2.46. The Morgan fingerprint density at radius 3 is 2.55 bits per heavy atom. The maximum absolute atomic E-state index is 12.5. The minimum atomic E-state index is -0.358. The van der Waals surface area contributed by atoms with Crippen LogP contribution in [0.15, 0.2) is 30.3 Å². The molecule has 6 nitrogen and oxygen atoms in total. The molecule has 1 heterocycles. The van der Waals surface area contributed by atoms with Crippen LogP contribution >= 0.6 is 0 Å². The fraction of sp³-hybridized carbons (Fsp3) is 0.214. The van der Waals surface area contributed by atoms with Gasteiger partial charge in [0, 0.05) is 12.6 Å². The molecule has 104 valence electrons. The molecule has 1 aromatic carbocycles. The zero-order chi connectivity index (χ0) is 14.7. The number of anilines is 1. The molecule has 3 N–H and O–H groups in total. The van der Waals surface area contributed by atoms with E-state index in [4.69, 9.17) is 5.73 Å². The molecule has 0 radical (unpaired) electrons. The van der Waals surface area contributed by atoms with Crippen LogP contribution in [-0.4, -0.2) is 28.0 Å². The first-order valence-corrected chi connectivity index (χ1v) is 6.18. The molecular formula is C14H16N4O2. The van der Waals surface area contributed by atoms with Crippen LogP contribution in [0.5, 0.6) is 0 Å². The highest BCUT2D eigenvalue weighted by molar-refractivity contribution is 6.13. The molecule has 1 aromatic heterocycles. The fourth-order valence-corrected chi connectivity index (χ4v) is 1.98. The number of nitrogens with one attached hydrogen (secondary N) is 1. The number of carbonyl (C=O) groups is 2. The zero-order valence-electron chi connectivity index (χ0n) is 11.4. The number of benzene rings is 1. The predicted molar refractivity (Wildman–Crippen MR) is 75.5 cm³/mol. The monoisotopic (exact) mass is 272 g/mol. The van der Waals surface area contributed by atoms with Gasteiger partial charge in [0.1, 0.15) is 5.69 Å². The average Bonchev–Trinajstić information content (AvgIpc) is 2.73. The van der Waals surface area contributed by atoms with E-state index < -0.39 is 0 Å². The van der Waals surface area contributed by atoms with Crippen molar-refractivity contribution in [2.24, 2.45) is 12.8 Å². The largest absolute Gasteiger partial charge is 0.322 e. The van der Waals surface area contributed by atoms with Gasteiger partial charge in [0.15, 0.2) is 0 Å². The van der Waals surface area contributed by atoms with Crippen LogP contribution in [-0.2, 0) is 11.8 Å². The molecule has 0 aliphatic rings. The molecule has 2 rings (SSSR count). The highest BCUT2D eigenvalue weighted by Crippen LogP contribution is 2.22. The van der Waals surface area contributed by atoms with E-state index in [1.54, 1.807) is 38.2 Å². The standard InChI is InChI=1S/C14H16N4O2/c1-9-12(16-11(19)8-15)13(18(2)17-9)14(20)10-6-4-3-5-7-10/h3-7H,8,15H2,1-2H3,(H,16,19). The maximum Gasteiger partial charge on any atom is 0.238 e. The van der Waals surface area contributed by atoms with Gasteiger partial charge in [0.05, 0.1) is 17.9 Å². The Bertz CT molecular complexity index is 647. The first-order chi connectivity index (χ1) is 9.54. The molecule has 0 spiro atoms. The Kier molecular flexibility index (Phi) is 3.95. The molecule has 20 heavy (non-hydrogen) atoms. The van der Waals surface area contributed by atoms with Crippen LogP contribution in [0.1, 0.15) is 21.7 Å². The predicted octanol–water partition coefficient (Wildman–Crippen LogP) is 0.857. The number of ketones is 1. The lowest BCUT2D eigenvalue weighted by molar-refractivity contribution is -0.114. The van der Waals surface area contributed by atoms with Gasteiger partial charge in [-0.2, -0.15) is 5.10 Å². The first kappa shape index (κ1) is 14.0. The van der Waals surface area contributed by atoms with Gasteiger partial charge in [-0.1, -0.05) is 30.3 Å². The third-order valence-corrected chi connectivity index (χ3v) is 2.92. The highest BCUT2D eigenvalue weighted by Gasteiger charge is 2.22. The molecule has 2 aromatic rings. The molecule has 0 aliphatic carbocycles. The summed E-state index contributed by atoms with van der Waals surface area (Å²) < 4.78 is 1.47. The highest BCUT2D eigenvalue weighted by atomic mass is 16.2. The maximum atomic E-state index is 12.5. The van der Waals surface area contributed by atoms with Crippen LogP contribution < -0.4 is 11.1 Å². The van der Waals surface area contributed by atoms with Crippen LogP contribution in [0, 0.1) is 6.92 Å². The number of rotatable bonds is 4. The summed E-state index contributed by atoms with van der Waals surface area (Å²) in [5, 5.41) is 6.82. The fourth-order valence-electron chi connectivity index (χ4n) is 1.98. The van der Waals surface area contributed by atoms with E-state index in [-0.39, 0.29) is 18.2 Å². The topological polar surface area (TPSA) is 90.0 Å². The summed E-state index contributed by atoms with van der Waals surface area (Å²) in [4.78, 5) is 24.0. The number of nitrogens with two attached hydrogens (primary N) is 1. The van der Waals surface area contributed by atoms with E-state index in [0.717, 1.165) is 0 Å². The molecule has 0 saturated carbocycles. The number of hydrogen-bond donors (Lipinski definition) is 2. The SMILES string of the molecule is Cc1nn(C)c(C(=O)c2ccccc2)c1NC(=O)CN. The van der Waals surface area contributed by atoms with Crippen molar-refractivity contribution in [1.82, 2.24) is 9.78 Å². The van der Waals surface area contributed by atoms with Crippen LogP contribution in [0.25, 0.3) is 0 Å². The van der Waals surface area contributed by atoms with Crippen molar-refractivity contribution >= 4 is 17.4 Å². The minimum absolute atomic E-state index is 0.146. The van der Waals surface area contributed by atoms with Crippen LogP contribution in [0.2, 0.25) is 0 Å². The summed E-state index contributed by atoms with van der Waals surface area (Å²) in [7, 11) is 1.67. The number of amides is 1. The second-order valence-corrected chi connectivity index (χ2v) is 4.38. The molecule has 6 heteroatoms. The summed E-state index contributed by atoms with van der Waals surface area (Å²) in [5.41, 5.74) is 7.16. The average molecular weight is 272 g/mol. The number of carbonyl (C=O) groups excluding carboxylic acids is 2. The van der Waals surface area contributed by atoms with Crippen molar-refractivity contribution in [2.75, 3.05) is 11.9 Å². The number of aromatic nitrogens is 2. The van der Waals surface area contributed by atoms with Gasteiger partial charge < -0.3 is 11.1 Å². The van der Waals surface area contributed by atoms with Gasteiger partial charge in [-0.3, -0.25) is 14.3 Å². The smallest absolute Gasteiger partial charge is 0.238 e. The van der Waals surface area contributed by atoms with Crippen molar-refractivity contribution < 1.29 is 9.59 Å². The Morgan fingerprint density at radius 2 is 1.95 bits per heavy atom. The van der Waals surface area contributed by atoms with E-state index in [2.05, 4.69) is 10.4 Å². The van der Waals surface area contributed by atoms with Gasteiger partial charge in [0.2, 0.25) is 11.7 Å². The van der Waals surface area contributed by atoms with Crippen LogP contribution in [0.4, 0.5) is 5.69 Å². The van der Waals surface area contributed by atoms with Crippen molar-refractivity contribution in [1.29, 1.82) is 0 Å². The summed E-state index contributed by atoms with van der Waals surface area (Å²) in [6, 6.07) is 8.85. The first-order valence-electron chi connectivity index (χ1n) is 6.18. The van der Waals surface area contributed by atoms with Crippen molar-refractivity contribution in [2.45, 2.75) is 6.92 Å². The molecule has 0 unspecified atom stereocenters. The molecule has 0 atom stereocenters. The molecule has 0 bridgehead atoms. The number of hydrogen-bond acceptors (Lipinski definition) is 4. The summed E-state index contributed by atoms with van der Waals surface area (Å²) in [5.74, 6) is -0.552. The van der Waals surface area contributed by atoms with Crippen LogP contribution in [0.3, 0.4) is 0 Å². The van der Waals surface area contributed by atoms with E-state index in [0.29, 0.717) is 22.6 Å². The lowest BCUT2D eigenvalue weighted by Crippen LogP contribution is -2.23. The molecule has 0 aliphatic heterocycles. The Labute approximate surface area is 116 Å². The molecule has 0 saturated heterocycles. The Morgan fingerprint density at radius 1 is 1.30 bits per heavy atom. The third-order valence-electron chi connectivity index (χ3n) is 2.92. The minimum Gasteiger partial charge on any atom is -0.322 e. The molecule has 1 amide bonds. The second kappa shape index (κ2) is 5.66. The third kappa shape index (κ3) is 2.60. The van der Waals surface area contributed by atoms with Gasteiger partial charge in [0.25, 0.3) is 0 Å². The second-order valence-electron chi connectivity index (χ2n) is 4.38. The lowest BCUT2D eigenvalue weighted by Gasteiger charge is -2.07. The van der Waals surface area contributed by atoms with E-state index in [9.17, 15) is 9.59 Å². The van der Waals surface area contributed by atoms with Gasteiger partial charge in [-0.15, -0.1) is 0 Å². The van der Waals surface area contributed by atoms with Gasteiger partial charge >= 0.3 is 0 Å². The molecular weight excluding hydrogens is 256 g/mol. The van der Waals surface area contributed by atoms with Crippen molar-refractivity contribution in [3.63, 3.8) is 0 Å². The van der Waals surface area contributed by atoms with Gasteiger partial charge in [-0.25, -0.2) is 0 Å². The molecule has 0 fully saturated rings. The van der Waals surface area contributed by atoms with Crippen molar-refractivity contribution in [3.05, 3.63) is 47.3 Å². The zero-order valence-corrected chi connectivity index (χ0v) is 11.4. The quantitative estimate of drug-likeness (QED) is 0.808. The van der Waals surface area contributed by atoms with E-state index in [1.165, 1.54) is 4.68 Å². The summed E-state index contributed by atoms with van der Waals surface area (Å²) in [6.07, 6.45) is 0. The number of nitrogens with zero attached hydrogens (tertiary/aromatic N) is 2. The Hall–Kier alpha value is -2.47. The lowest BCUT2D eigenvalue weighted by atomic mass is 10.1. The normalized spacial score (nSPS) is 10.3. The van der Waals surface area contributed by atoms with E-state index in [1.807, 2.05) is 6.07 Å². The number of aryl methyl sites for hydroxylation is 2. The summed E-state index contributed by atoms with van der Waals surface area (Å²) >= 11 is 0. The van der Waals surface area contributed by atoms with E-state index >= 15 is 0 Å².